The van der Waals surface area contributed by atoms with Gasteiger partial charge in [-0.1, -0.05) is 46.9 Å². The Labute approximate surface area is 142 Å². The van der Waals surface area contributed by atoms with Crippen molar-refractivity contribution in [3.8, 4) is 6.07 Å². The molecular formula is C15H10Cl3N3O. The van der Waals surface area contributed by atoms with Gasteiger partial charge >= 0.3 is 0 Å². The fourth-order valence-corrected chi connectivity index (χ4v) is 2.46. The van der Waals surface area contributed by atoms with Gasteiger partial charge in [0.25, 0.3) is 0 Å². The van der Waals surface area contributed by atoms with Gasteiger partial charge in [0.15, 0.2) is 11.8 Å². The second-order valence-electron chi connectivity index (χ2n) is 4.36. The molecular weight excluding hydrogens is 345 g/mol. The molecule has 0 aliphatic heterocycles. The molecule has 0 saturated carbocycles. The first-order valence-electron chi connectivity index (χ1n) is 6.16. The summed E-state index contributed by atoms with van der Waals surface area (Å²) in [5, 5.41) is 10.5. The predicted molar refractivity (Wildman–Crippen MR) is 88.4 cm³/mol. The molecule has 0 bridgehead atoms. The zero-order valence-electron chi connectivity index (χ0n) is 11.1. The molecule has 0 heterocycles. The molecule has 2 rings (SSSR count). The van der Waals surface area contributed by atoms with Crippen LogP contribution in [0, 0.1) is 11.3 Å². The number of hydrogen-bond acceptors (Lipinski definition) is 4. The van der Waals surface area contributed by atoms with Crippen LogP contribution >= 0.6 is 34.8 Å². The Morgan fingerprint density at radius 2 is 1.73 bits per heavy atom. The minimum atomic E-state index is -1.09. The summed E-state index contributed by atoms with van der Waals surface area (Å²) in [7, 11) is 0. The van der Waals surface area contributed by atoms with Gasteiger partial charge in [-0.2, -0.15) is 5.26 Å². The van der Waals surface area contributed by atoms with Gasteiger partial charge in [0, 0.05) is 20.6 Å². The maximum Gasteiger partial charge on any atom is 0.195 e. The molecule has 4 nitrogen and oxygen atoms in total. The molecule has 0 saturated heterocycles. The van der Waals surface area contributed by atoms with Crippen LogP contribution in [0.2, 0.25) is 15.1 Å². The molecule has 0 amide bonds. The molecule has 0 radical (unpaired) electrons. The van der Waals surface area contributed by atoms with Gasteiger partial charge in [0.1, 0.15) is 0 Å². The number of nitrogens with zero attached hydrogens (tertiary/aromatic N) is 1. The minimum absolute atomic E-state index is 0.345. The standard InChI is InChI=1S/C15H10Cl3N3O/c16-10-3-1-2-9(4-10)15(22)14(8-19)21-20-13-6-11(17)5-12(18)7-13/h1-7,14,20-21H. The number of rotatable bonds is 5. The number of carbonyl (C=O) groups is 1. The number of benzene rings is 2. The van der Waals surface area contributed by atoms with Gasteiger partial charge in [-0.25, -0.2) is 5.43 Å². The van der Waals surface area contributed by atoms with E-state index >= 15 is 0 Å². The number of nitrogens with one attached hydrogen (secondary N) is 2. The summed E-state index contributed by atoms with van der Waals surface area (Å²) in [5.74, 6) is -0.398. The number of nitriles is 1. The zero-order chi connectivity index (χ0) is 16.1. The van der Waals surface area contributed by atoms with Crippen LogP contribution in [0.25, 0.3) is 0 Å². The van der Waals surface area contributed by atoms with Gasteiger partial charge in [0.05, 0.1) is 11.8 Å². The van der Waals surface area contributed by atoms with Crippen LogP contribution in [0.15, 0.2) is 42.5 Å². The number of anilines is 1. The first-order valence-corrected chi connectivity index (χ1v) is 7.30. The second kappa shape index (κ2) is 7.48. The molecule has 2 aromatic carbocycles. The van der Waals surface area contributed by atoms with Gasteiger partial charge in [0.2, 0.25) is 0 Å². The molecule has 0 fully saturated rings. The average molecular weight is 355 g/mol. The molecule has 112 valence electrons. The monoisotopic (exact) mass is 353 g/mol. The maximum absolute atomic E-state index is 12.2. The summed E-state index contributed by atoms with van der Waals surface area (Å²) in [6.07, 6.45) is 0. The maximum atomic E-state index is 12.2. The second-order valence-corrected chi connectivity index (χ2v) is 5.67. The number of Topliss-reactive ketones (excluding diaryl/α,β-unsaturated/α-hetero) is 1. The summed E-state index contributed by atoms with van der Waals surface area (Å²) in [4.78, 5) is 12.2. The number of hydrogen-bond donors (Lipinski definition) is 2. The Kier molecular flexibility index (Phi) is 5.64. The molecule has 0 aliphatic carbocycles. The van der Waals surface area contributed by atoms with E-state index in [9.17, 15) is 4.79 Å². The summed E-state index contributed by atoms with van der Waals surface area (Å²) < 4.78 is 0. The van der Waals surface area contributed by atoms with E-state index < -0.39 is 11.8 Å². The van der Waals surface area contributed by atoms with Crippen molar-refractivity contribution in [3.63, 3.8) is 0 Å². The van der Waals surface area contributed by atoms with Crippen LogP contribution in [0.3, 0.4) is 0 Å². The number of ketones is 1. The van der Waals surface area contributed by atoms with Gasteiger partial charge in [-0.15, -0.1) is 0 Å². The number of halogens is 3. The van der Waals surface area contributed by atoms with Crippen molar-refractivity contribution in [1.29, 1.82) is 5.26 Å². The fraction of sp³-hybridized carbons (Fsp3) is 0.0667. The van der Waals surface area contributed by atoms with Crippen molar-refractivity contribution in [2.45, 2.75) is 6.04 Å². The van der Waals surface area contributed by atoms with E-state index in [2.05, 4.69) is 10.9 Å². The lowest BCUT2D eigenvalue weighted by molar-refractivity contribution is 0.0969. The highest BCUT2D eigenvalue weighted by atomic mass is 35.5. The quantitative estimate of drug-likeness (QED) is 0.619. The van der Waals surface area contributed by atoms with Crippen molar-refractivity contribution in [2.24, 2.45) is 0 Å². The third-order valence-electron chi connectivity index (χ3n) is 2.72. The topological polar surface area (TPSA) is 64.9 Å². The Bertz CT molecular complexity index is 723. The average Bonchev–Trinajstić information content (AvgIpc) is 2.46. The number of hydrazine groups is 1. The van der Waals surface area contributed by atoms with E-state index in [0.29, 0.717) is 26.3 Å². The lowest BCUT2D eigenvalue weighted by atomic mass is 10.1. The summed E-state index contributed by atoms with van der Waals surface area (Å²) >= 11 is 17.6. The zero-order valence-corrected chi connectivity index (χ0v) is 13.4. The van der Waals surface area contributed by atoms with E-state index in [0.717, 1.165) is 0 Å². The van der Waals surface area contributed by atoms with E-state index in [1.54, 1.807) is 36.4 Å². The van der Waals surface area contributed by atoms with Crippen LogP contribution in [-0.4, -0.2) is 11.8 Å². The number of carbonyl (C=O) groups excluding carboxylic acids is 1. The van der Waals surface area contributed by atoms with Gasteiger partial charge < -0.3 is 5.43 Å². The van der Waals surface area contributed by atoms with Crippen LogP contribution in [0.5, 0.6) is 0 Å². The highest BCUT2D eigenvalue weighted by Crippen LogP contribution is 2.22. The van der Waals surface area contributed by atoms with Crippen molar-refractivity contribution in [1.82, 2.24) is 5.43 Å². The van der Waals surface area contributed by atoms with Crippen molar-refractivity contribution < 1.29 is 4.79 Å². The van der Waals surface area contributed by atoms with E-state index in [4.69, 9.17) is 40.1 Å². The summed E-state index contributed by atoms with van der Waals surface area (Å²) in [6.45, 7) is 0. The van der Waals surface area contributed by atoms with Crippen molar-refractivity contribution in [2.75, 3.05) is 5.43 Å². The molecule has 1 atom stereocenters. The molecule has 7 heteroatoms. The van der Waals surface area contributed by atoms with Crippen molar-refractivity contribution in [3.05, 3.63) is 63.1 Å². The minimum Gasteiger partial charge on any atom is -0.320 e. The van der Waals surface area contributed by atoms with Crippen LogP contribution < -0.4 is 10.9 Å². The SMILES string of the molecule is N#CC(NNc1cc(Cl)cc(Cl)c1)C(=O)c1cccc(Cl)c1. The van der Waals surface area contributed by atoms with Crippen LogP contribution in [0.4, 0.5) is 5.69 Å². The Hall–Kier alpha value is -1.77. The lowest BCUT2D eigenvalue weighted by Gasteiger charge is -2.13. The van der Waals surface area contributed by atoms with E-state index in [-0.39, 0.29) is 0 Å². The summed E-state index contributed by atoms with van der Waals surface area (Å²) in [6, 6.07) is 12.0. The van der Waals surface area contributed by atoms with Crippen LogP contribution in [0.1, 0.15) is 10.4 Å². The third-order valence-corrected chi connectivity index (χ3v) is 3.40. The first kappa shape index (κ1) is 16.6. The highest BCUT2D eigenvalue weighted by Gasteiger charge is 2.19. The van der Waals surface area contributed by atoms with Crippen LogP contribution in [-0.2, 0) is 0 Å². The first-order chi connectivity index (χ1) is 10.5. The normalized spacial score (nSPS) is 11.5. The van der Waals surface area contributed by atoms with Gasteiger partial charge in [-0.3, -0.25) is 4.79 Å². The highest BCUT2D eigenvalue weighted by molar-refractivity contribution is 6.35. The molecule has 1 unspecified atom stereocenters. The van der Waals surface area contributed by atoms with E-state index in [1.165, 1.54) is 6.07 Å². The Balaban J connectivity index is 2.09. The fourth-order valence-electron chi connectivity index (χ4n) is 1.75. The van der Waals surface area contributed by atoms with Gasteiger partial charge in [-0.05, 0) is 30.3 Å². The third kappa shape index (κ3) is 4.36. The molecule has 2 N–H and O–H groups in total. The van der Waals surface area contributed by atoms with Crippen molar-refractivity contribution >= 4 is 46.3 Å². The molecule has 0 spiro atoms. The largest absolute Gasteiger partial charge is 0.320 e. The predicted octanol–water partition coefficient (Wildman–Crippen LogP) is 4.34. The molecule has 2 aromatic rings. The Morgan fingerprint density at radius 3 is 2.32 bits per heavy atom. The van der Waals surface area contributed by atoms with E-state index in [1.807, 2.05) is 6.07 Å². The molecule has 22 heavy (non-hydrogen) atoms. The lowest BCUT2D eigenvalue weighted by Crippen LogP contribution is -2.39. The smallest absolute Gasteiger partial charge is 0.195 e. The Morgan fingerprint density at radius 1 is 1.05 bits per heavy atom. The molecule has 0 aliphatic rings. The molecule has 0 aromatic heterocycles. The summed E-state index contributed by atoms with van der Waals surface area (Å²) in [5.41, 5.74) is 6.27.